The zero-order valence-corrected chi connectivity index (χ0v) is 15.3. The van der Waals surface area contributed by atoms with Crippen LogP contribution in [0.15, 0.2) is 29.8 Å². The van der Waals surface area contributed by atoms with Crippen molar-refractivity contribution in [1.82, 2.24) is 14.5 Å². The molecule has 110 valence electrons. The number of rotatable bonds is 5. The zero-order valence-electron chi connectivity index (χ0n) is 11.6. The Bertz CT molecular complexity index is 739. The molecule has 3 rings (SSSR count). The molecule has 0 aliphatic carbocycles. The Morgan fingerprint density at radius 2 is 2.29 bits per heavy atom. The summed E-state index contributed by atoms with van der Waals surface area (Å²) in [7, 11) is 0. The Morgan fingerprint density at radius 3 is 3.00 bits per heavy atom. The molecule has 0 N–H and O–H groups in total. The van der Waals surface area contributed by atoms with Gasteiger partial charge in [0.1, 0.15) is 5.82 Å². The molecule has 1 aromatic carbocycles. The predicted molar refractivity (Wildman–Crippen MR) is 97.4 cm³/mol. The van der Waals surface area contributed by atoms with Crippen molar-refractivity contribution in [2.75, 3.05) is 5.88 Å². The van der Waals surface area contributed by atoms with Gasteiger partial charge in [-0.3, -0.25) is 0 Å². The zero-order chi connectivity index (χ0) is 14.8. The van der Waals surface area contributed by atoms with Crippen LogP contribution < -0.4 is 0 Å². The van der Waals surface area contributed by atoms with Crippen molar-refractivity contribution in [2.45, 2.75) is 25.8 Å². The first-order valence-corrected chi connectivity index (χ1v) is 9.28. The van der Waals surface area contributed by atoms with E-state index in [4.69, 9.17) is 16.6 Å². The summed E-state index contributed by atoms with van der Waals surface area (Å²) in [6.07, 6.45) is 2.65. The highest BCUT2D eigenvalue weighted by Gasteiger charge is 2.15. The first-order valence-electron chi connectivity index (χ1n) is 6.79. The Morgan fingerprint density at radius 1 is 1.43 bits per heavy atom. The standard InChI is InChI=1S/C15H15ClIN3S/c1-10(15-18-6-7-21-15)9-20-13-3-2-11(17)8-12(13)19-14(20)4-5-16/h2-3,6-8,10H,4-5,9H2,1H3. The molecule has 0 aliphatic heterocycles. The van der Waals surface area contributed by atoms with E-state index in [-0.39, 0.29) is 0 Å². The van der Waals surface area contributed by atoms with Crippen LogP contribution in [0, 0.1) is 3.57 Å². The highest BCUT2D eigenvalue weighted by molar-refractivity contribution is 14.1. The van der Waals surface area contributed by atoms with E-state index in [1.165, 1.54) is 14.1 Å². The number of hydrogen-bond acceptors (Lipinski definition) is 3. The molecule has 1 unspecified atom stereocenters. The van der Waals surface area contributed by atoms with Crippen molar-refractivity contribution in [2.24, 2.45) is 0 Å². The lowest BCUT2D eigenvalue weighted by Gasteiger charge is -2.13. The summed E-state index contributed by atoms with van der Waals surface area (Å²) in [6, 6.07) is 6.40. The largest absolute Gasteiger partial charge is 0.327 e. The molecule has 0 aliphatic rings. The van der Waals surface area contributed by atoms with Gasteiger partial charge < -0.3 is 4.57 Å². The van der Waals surface area contributed by atoms with E-state index in [0.29, 0.717) is 11.8 Å². The number of alkyl halides is 1. The number of benzene rings is 1. The van der Waals surface area contributed by atoms with Gasteiger partial charge in [-0.15, -0.1) is 22.9 Å². The summed E-state index contributed by atoms with van der Waals surface area (Å²) in [5.41, 5.74) is 2.23. The van der Waals surface area contributed by atoms with Crippen LogP contribution in [-0.2, 0) is 13.0 Å². The second-order valence-electron chi connectivity index (χ2n) is 4.98. The lowest BCUT2D eigenvalue weighted by Crippen LogP contribution is -2.10. The highest BCUT2D eigenvalue weighted by Crippen LogP contribution is 2.25. The predicted octanol–water partition coefficient (Wildman–Crippen LogP) is 4.68. The maximum absolute atomic E-state index is 5.94. The fourth-order valence-electron chi connectivity index (χ4n) is 2.46. The lowest BCUT2D eigenvalue weighted by molar-refractivity contribution is 0.586. The maximum atomic E-state index is 5.94. The van der Waals surface area contributed by atoms with E-state index in [0.717, 1.165) is 24.3 Å². The molecule has 6 heteroatoms. The summed E-state index contributed by atoms with van der Waals surface area (Å²) in [6.45, 7) is 3.10. The number of thiazole rings is 1. The Labute approximate surface area is 146 Å². The van der Waals surface area contributed by atoms with Crippen LogP contribution in [0.2, 0.25) is 0 Å². The smallest absolute Gasteiger partial charge is 0.111 e. The van der Waals surface area contributed by atoms with Gasteiger partial charge in [0.05, 0.1) is 16.0 Å². The minimum absolute atomic E-state index is 0.371. The summed E-state index contributed by atoms with van der Waals surface area (Å²) >= 11 is 9.97. The van der Waals surface area contributed by atoms with Gasteiger partial charge >= 0.3 is 0 Å². The minimum Gasteiger partial charge on any atom is -0.327 e. The van der Waals surface area contributed by atoms with Crippen LogP contribution in [0.1, 0.15) is 23.7 Å². The minimum atomic E-state index is 0.371. The van der Waals surface area contributed by atoms with Crippen molar-refractivity contribution in [3.63, 3.8) is 0 Å². The van der Waals surface area contributed by atoms with E-state index in [9.17, 15) is 0 Å². The highest BCUT2D eigenvalue weighted by atomic mass is 127. The quantitative estimate of drug-likeness (QED) is 0.434. The van der Waals surface area contributed by atoms with E-state index in [2.05, 4.69) is 57.3 Å². The molecule has 0 saturated carbocycles. The van der Waals surface area contributed by atoms with Gasteiger partial charge in [0, 0.05) is 39.9 Å². The average molecular weight is 432 g/mol. The lowest BCUT2D eigenvalue weighted by atomic mass is 10.2. The maximum Gasteiger partial charge on any atom is 0.111 e. The molecule has 0 spiro atoms. The SMILES string of the molecule is CC(Cn1c(CCCl)nc2cc(I)ccc21)c1nccs1. The van der Waals surface area contributed by atoms with Gasteiger partial charge in [-0.25, -0.2) is 9.97 Å². The van der Waals surface area contributed by atoms with Gasteiger partial charge in [0.25, 0.3) is 0 Å². The Hall–Kier alpha value is -0.660. The number of nitrogens with zero attached hydrogens (tertiary/aromatic N) is 3. The van der Waals surface area contributed by atoms with E-state index < -0.39 is 0 Å². The third-order valence-corrected chi connectivity index (χ3v) is 5.30. The molecule has 0 amide bonds. The number of hydrogen-bond donors (Lipinski definition) is 0. The van der Waals surface area contributed by atoms with Crippen molar-refractivity contribution in [1.29, 1.82) is 0 Å². The molecule has 2 aromatic heterocycles. The molecule has 0 saturated heterocycles. The Kier molecular flexibility index (Phi) is 4.81. The molecule has 3 nitrogen and oxygen atoms in total. The fourth-order valence-corrected chi connectivity index (χ4v) is 3.80. The molecule has 21 heavy (non-hydrogen) atoms. The first kappa shape index (κ1) is 15.2. The molecule has 1 atom stereocenters. The van der Waals surface area contributed by atoms with Crippen molar-refractivity contribution >= 4 is 56.6 Å². The van der Waals surface area contributed by atoms with E-state index in [1.807, 2.05) is 11.6 Å². The number of halogens is 2. The average Bonchev–Trinajstić information content (AvgIpc) is 3.08. The topological polar surface area (TPSA) is 30.7 Å². The molecule has 0 fully saturated rings. The van der Waals surface area contributed by atoms with E-state index in [1.54, 1.807) is 11.3 Å². The third kappa shape index (κ3) is 3.24. The van der Waals surface area contributed by atoms with Crippen LogP contribution in [0.3, 0.4) is 0 Å². The number of imidazole rings is 1. The molecule has 0 radical (unpaired) electrons. The van der Waals surface area contributed by atoms with Gasteiger partial charge in [-0.05, 0) is 40.8 Å². The summed E-state index contributed by atoms with van der Waals surface area (Å²) in [4.78, 5) is 9.18. The third-order valence-electron chi connectivity index (χ3n) is 3.44. The van der Waals surface area contributed by atoms with Crippen molar-refractivity contribution in [3.8, 4) is 0 Å². The molecular weight excluding hydrogens is 417 g/mol. The molecular formula is C15H15ClIN3S. The van der Waals surface area contributed by atoms with Crippen LogP contribution >= 0.6 is 45.5 Å². The van der Waals surface area contributed by atoms with Crippen LogP contribution in [-0.4, -0.2) is 20.4 Å². The number of fused-ring (bicyclic) bond motifs is 1. The Balaban J connectivity index is 2.00. The summed E-state index contributed by atoms with van der Waals surface area (Å²) in [5.74, 6) is 2.02. The van der Waals surface area contributed by atoms with Gasteiger partial charge in [0.15, 0.2) is 0 Å². The first-order chi connectivity index (χ1) is 10.2. The van der Waals surface area contributed by atoms with Gasteiger partial charge in [0.2, 0.25) is 0 Å². The normalized spacial score (nSPS) is 12.9. The monoisotopic (exact) mass is 431 g/mol. The van der Waals surface area contributed by atoms with E-state index >= 15 is 0 Å². The molecule has 0 bridgehead atoms. The van der Waals surface area contributed by atoms with Gasteiger partial charge in [-0.1, -0.05) is 6.92 Å². The number of aryl methyl sites for hydroxylation is 1. The van der Waals surface area contributed by atoms with Crippen molar-refractivity contribution in [3.05, 3.63) is 44.2 Å². The summed E-state index contributed by atoms with van der Waals surface area (Å²) < 4.78 is 3.50. The van der Waals surface area contributed by atoms with Gasteiger partial charge in [-0.2, -0.15) is 0 Å². The molecule has 3 aromatic rings. The van der Waals surface area contributed by atoms with Crippen LogP contribution in [0.4, 0.5) is 0 Å². The second-order valence-corrected chi connectivity index (χ2v) is 7.53. The summed E-state index contributed by atoms with van der Waals surface area (Å²) in [5, 5.41) is 3.19. The second kappa shape index (κ2) is 6.62. The van der Waals surface area contributed by atoms with Crippen molar-refractivity contribution < 1.29 is 0 Å². The number of aromatic nitrogens is 3. The van der Waals surface area contributed by atoms with Crippen LogP contribution in [0.25, 0.3) is 11.0 Å². The fraction of sp³-hybridized carbons (Fsp3) is 0.333. The van der Waals surface area contributed by atoms with Crippen LogP contribution in [0.5, 0.6) is 0 Å². The molecule has 2 heterocycles.